The van der Waals surface area contributed by atoms with Gasteiger partial charge in [0, 0.05) is 0 Å². The normalized spacial score (nSPS) is 10.9. The molecule has 3 rings (SSSR count). The van der Waals surface area contributed by atoms with Gasteiger partial charge in [0.1, 0.15) is 11.5 Å². The van der Waals surface area contributed by atoms with Gasteiger partial charge in [-0.2, -0.15) is 0 Å². The molecule has 2 aromatic carbocycles. The van der Waals surface area contributed by atoms with E-state index in [9.17, 15) is 0 Å². The summed E-state index contributed by atoms with van der Waals surface area (Å²) < 4.78 is 1.47. The zero-order valence-corrected chi connectivity index (χ0v) is 13.9. The average molecular weight is 338 g/mol. The number of allylic oxidation sites excluding steroid dienone is 4. The quantitative estimate of drug-likeness (QED) is 0.691. The van der Waals surface area contributed by atoms with Crippen molar-refractivity contribution in [1.82, 2.24) is 0 Å². The molecular weight excluding hydrogens is 320 g/mol. The predicted octanol–water partition coefficient (Wildman–Crippen LogP) is 4.58. The summed E-state index contributed by atoms with van der Waals surface area (Å²) in [6.45, 7) is 0. The van der Waals surface area contributed by atoms with E-state index < -0.39 is 0 Å². The van der Waals surface area contributed by atoms with Crippen molar-refractivity contribution in [3.8, 4) is 11.5 Å². The molecule has 21 heavy (non-hydrogen) atoms. The van der Waals surface area contributed by atoms with Crippen LogP contribution in [0.4, 0.5) is 0 Å². The van der Waals surface area contributed by atoms with Crippen molar-refractivity contribution in [1.29, 1.82) is 0 Å². The van der Waals surface area contributed by atoms with E-state index in [1.165, 1.54) is 10.3 Å². The molecular formula is C17H18ClO2Ti. The Hall–Kier alpha value is -1.48. The Labute approximate surface area is 143 Å². The summed E-state index contributed by atoms with van der Waals surface area (Å²) in [6, 6.07) is 17.4. The second-order valence-corrected chi connectivity index (χ2v) is 5.00. The van der Waals surface area contributed by atoms with Crippen LogP contribution in [0, 0.1) is 0 Å². The van der Waals surface area contributed by atoms with E-state index in [1.807, 2.05) is 12.1 Å². The number of rotatable bonds is 0. The van der Waals surface area contributed by atoms with Gasteiger partial charge in [0.05, 0.1) is 0 Å². The van der Waals surface area contributed by atoms with Crippen molar-refractivity contribution in [2.45, 2.75) is 6.42 Å². The number of hydrogen-bond donors (Lipinski definition) is 2. The fourth-order valence-corrected chi connectivity index (χ4v) is 1.64. The summed E-state index contributed by atoms with van der Waals surface area (Å²) in [7, 11) is 0. The van der Waals surface area contributed by atoms with Crippen LogP contribution in [0.1, 0.15) is 6.42 Å². The third-order valence-electron chi connectivity index (χ3n) is 2.28. The number of halogens is 1. The van der Waals surface area contributed by atoms with Crippen LogP contribution in [0.3, 0.4) is 0 Å². The van der Waals surface area contributed by atoms with Crippen LogP contribution in [-0.2, 0) is 20.4 Å². The Morgan fingerprint density at radius 3 is 1.33 bits per heavy atom. The van der Waals surface area contributed by atoms with Gasteiger partial charge < -0.3 is 10.2 Å². The Bertz CT molecular complexity index is 502. The van der Waals surface area contributed by atoms with Gasteiger partial charge in [-0.3, -0.25) is 0 Å². The van der Waals surface area contributed by atoms with Gasteiger partial charge in [-0.25, -0.2) is 0 Å². The number of para-hydroxylation sites is 2. The van der Waals surface area contributed by atoms with E-state index in [0.717, 1.165) is 0 Å². The minimum atomic E-state index is 0. The molecule has 0 atom stereocenters. The van der Waals surface area contributed by atoms with Gasteiger partial charge in [-0.05, 0) is 24.3 Å². The first-order valence-corrected chi connectivity index (χ1v) is 7.02. The standard InChI is InChI=1S/2C6H6O.C5H5.ClH.Ti/c2*7-6-4-2-1-3-5-6;1-2-4-5-3-1;;/h2*1-5,7H;1-3H,4H2;1H;. The fourth-order valence-electron chi connectivity index (χ4n) is 1.30. The predicted molar refractivity (Wildman–Crippen MR) is 85.3 cm³/mol. The van der Waals surface area contributed by atoms with Crippen LogP contribution in [0.15, 0.2) is 82.8 Å². The second kappa shape index (κ2) is 12.3. The topological polar surface area (TPSA) is 40.5 Å². The average Bonchev–Trinajstić information content (AvgIpc) is 2.93. The van der Waals surface area contributed by atoms with Gasteiger partial charge >= 0.3 is 49.0 Å². The number of hydrogen-bond acceptors (Lipinski definition) is 2. The number of aromatic hydroxyl groups is 2. The van der Waals surface area contributed by atoms with E-state index in [4.69, 9.17) is 10.2 Å². The molecule has 0 aromatic heterocycles. The van der Waals surface area contributed by atoms with E-state index in [-0.39, 0.29) is 12.4 Å². The first-order valence-electron chi connectivity index (χ1n) is 6.24. The number of benzene rings is 2. The van der Waals surface area contributed by atoms with Crippen LogP contribution < -0.4 is 0 Å². The Morgan fingerprint density at radius 1 is 0.762 bits per heavy atom. The summed E-state index contributed by atoms with van der Waals surface area (Å²) in [4.78, 5) is 0. The van der Waals surface area contributed by atoms with Crippen LogP contribution >= 0.6 is 12.4 Å². The molecule has 0 amide bonds. The molecule has 1 aliphatic carbocycles. The maximum atomic E-state index is 8.63. The molecule has 2 N–H and O–H groups in total. The molecule has 0 saturated carbocycles. The van der Waals surface area contributed by atoms with E-state index in [0.29, 0.717) is 11.5 Å². The van der Waals surface area contributed by atoms with Crippen molar-refractivity contribution < 1.29 is 30.6 Å². The van der Waals surface area contributed by atoms with Gasteiger partial charge in [-0.15, -0.1) is 12.4 Å². The molecule has 0 bridgehead atoms. The Balaban J connectivity index is 0.000000280. The van der Waals surface area contributed by atoms with Gasteiger partial charge in [0.2, 0.25) is 0 Å². The second-order valence-electron chi connectivity index (χ2n) is 4.00. The molecule has 0 aliphatic heterocycles. The Kier molecular flexibility index (Phi) is 11.4. The van der Waals surface area contributed by atoms with E-state index in [2.05, 4.69) is 38.7 Å². The minimum absolute atomic E-state index is 0. The van der Waals surface area contributed by atoms with Crippen molar-refractivity contribution in [2.75, 3.05) is 0 Å². The van der Waals surface area contributed by atoms with Gasteiger partial charge in [0.25, 0.3) is 0 Å². The van der Waals surface area contributed by atoms with Crippen molar-refractivity contribution in [2.24, 2.45) is 0 Å². The first-order chi connectivity index (χ1) is 9.68. The molecule has 0 saturated heterocycles. The van der Waals surface area contributed by atoms with Crippen LogP contribution in [0.5, 0.6) is 11.5 Å². The zero-order valence-electron chi connectivity index (χ0n) is 11.5. The molecule has 1 aliphatic rings. The number of phenols is 2. The number of phenolic OH excluding ortho intramolecular Hbond substituents is 2. The molecule has 2 aromatic rings. The van der Waals surface area contributed by atoms with Crippen molar-refractivity contribution in [3.05, 3.63) is 82.8 Å². The molecule has 4 heteroatoms. The zero-order chi connectivity index (χ0) is 14.6. The van der Waals surface area contributed by atoms with Crippen molar-refractivity contribution >= 4 is 12.4 Å². The molecule has 0 unspecified atom stereocenters. The van der Waals surface area contributed by atoms with Crippen LogP contribution in [-0.4, -0.2) is 10.2 Å². The third-order valence-corrected chi connectivity index (χ3v) is 2.86. The van der Waals surface area contributed by atoms with Crippen LogP contribution in [0.25, 0.3) is 0 Å². The molecule has 109 valence electrons. The molecule has 0 fully saturated rings. The summed E-state index contributed by atoms with van der Waals surface area (Å²) >= 11 is 2.14. The monoisotopic (exact) mass is 337 g/mol. The third kappa shape index (κ3) is 10.9. The SMILES string of the molecule is Cl.Oc1ccccc1.Oc1ccccc1.[Ti][C]1=CC=CC1. The maximum absolute atomic E-state index is 8.63. The molecule has 0 spiro atoms. The summed E-state index contributed by atoms with van der Waals surface area (Å²) in [5, 5.41) is 17.3. The van der Waals surface area contributed by atoms with Crippen LogP contribution in [0.2, 0.25) is 0 Å². The Morgan fingerprint density at radius 2 is 1.19 bits per heavy atom. The van der Waals surface area contributed by atoms with E-state index >= 15 is 0 Å². The van der Waals surface area contributed by atoms with Gasteiger partial charge in [-0.1, -0.05) is 36.4 Å². The molecule has 0 heterocycles. The molecule has 2 nitrogen and oxygen atoms in total. The van der Waals surface area contributed by atoms with Gasteiger partial charge in [0.15, 0.2) is 0 Å². The summed E-state index contributed by atoms with van der Waals surface area (Å²) in [6.07, 6.45) is 7.56. The van der Waals surface area contributed by atoms with E-state index in [1.54, 1.807) is 48.5 Å². The molecule has 0 radical (unpaired) electrons. The fraction of sp³-hybridized carbons (Fsp3) is 0.0588. The summed E-state index contributed by atoms with van der Waals surface area (Å²) in [5.74, 6) is 0.644. The first kappa shape index (κ1) is 19.5. The van der Waals surface area contributed by atoms with Crippen molar-refractivity contribution in [3.63, 3.8) is 0 Å². The summed E-state index contributed by atoms with van der Waals surface area (Å²) in [5.41, 5.74) is 0.